The van der Waals surface area contributed by atoms with Crippen molar-refractivity contribution in [3.8, 4) is 5.75 Å². The van der Waals surface area contributed by atoms with Crippen molar-refractivity contribution >= 4 is 27.5 Å². The number of rotatable bonds is 15. The summed E-state index contributed by atoms with van der Waals surface area (Å²) in [4.78, 5) is 30.2. The van der Waals surface area contributed by atoms with Crippen LogP contribution in [0.4, 0.5) is 5.69 Å². The number of methoxy groups -OCH3 is 1. The summed E-state index contributed by atoms with van der Waals surface area (Å²) in [5.74, 6) is -0.496. The van der Waals surface area contributed by atoms with E-state index in [1.54, 1.807) is 24.3 Å². The molecule has 47 heavy (non-hydrogen) atoms. The standard InChI is InChI=1S/C38H45N3O5S/c1-6-7-22-39-38(43)35(25-31-13-9-8-10-14-31)40(26-32-15-11-12-29(3)23-32)37(42)27-41(34-24-30(4)18-21-36(34)46-5)47(44,45)33-19-16-28(2)17-20-33/h8-21,23-24,35H,6-7,22,25-27H2,1-5H3,(H,39,43)/t35-/m0/s1. The normalized spacial score (nSPS) is 11.9. The average molecular weight is 656 g/mol. The Morgan fingerprint density at radius 1 is 0.809 bits per heavy atom. The molecule has 0 radical (unpaired) electrons. The lowest BCUT2D eigenvalue weighted by molar-refractivity contribution is -0.140. The number of ether oxygens (including phenoxy) is 1. The van der Waals surface area contributed by atoms with Gasteiger partial charge in [0.25, 0.3) is 10.0 Å². The molecule has 8 nitrogen and oxygen atoms in total. The molecule has 0 fully saturated rings. The second kappa shape index (κ2) is 16.3. The SMILES string of the molecule is CCCCNC(=O)[C@H](Cc1ccccc1)N(Cc1cccc(C)c1)C(=O)CN(c1cc(C)ccc1OC)S(=O)(=O)c1ccc(C)cc1. The number of nitrogens with one attached hydrogen (secondary N) is 1. The van der Waals surface area contributed by atoms with Crippen LogP contribution in [-0.2, 0) is 32.6 Å². The third-order valence-electron chi connectivity index (χ3n) is 8.03. The maximum atomic E-state index is 14.7. The number of amides is 2. The Balaban J connectivity index is 1.84. The molecule has 1 atom stereocenters. The molecular weight excluding hydrogens is 611 g/mol. The second-order valence-corrected chi connectivity index (χ2v) is 13.7. The summed E-state index contributed by atoms with van der Waals surface area (Å²) in [6.45, 7) is 7.78. The number of nitrogens with zero attached hydrogens (tertiary/aromatic N) is 2. The summed E-state index contributed by atoms with van der Waals surface area (Å²) < 4.78 is 35.5. The Kier molecular flexibility index (Phi) is 12.2. The molecule has 0 aromatic heterocycles. The number of anilines is 1. The van der Waals surface area contributed by atoms with Gasteiger partial charge in [-0.3, -0.25) is 13.9 Å². The van der Waals surface area contributed by atoms with Crippen molar-refractivity contribution in [2.24, 2.45) is 0 Å². The molecule has 4 aromatic carbocycles. The summed E-state index contributed by atoms with van der Waals surface area (Å²) in [6, 6.07) is 28.1. The van der Waals surface area contributed by atoms with Crippen LogP contribution in [0.3, 0.4) is 0 Å². The minimum atomic E-state index is -4.25. The molecule has 0 unspecified atom stereocenters. The topological polar surface area (TPSA) is 96.0 Å². The molecule has 4 rings (SSSR count). The number of benzene rings is 4. The van der Waals surface area contributed by atoms with E-state index in [9.17, 15) is 18.0 Å². The third-order valence-corrected chi connectivity index (χ3v) is 9.80. The molecule has 4 aromatic rings. The van der Waals surface area contributed by atoms with Crippen molar-refractivity contribution in [1.82, 2.24) is 10.2 Å². The zero-order valence-corrected chi connectivity index (χ0v) is 28.7. The minimum absolute atomic E-state index is 0.0443. The molecule has 0 heterocycles. The van der Waals surface area contributed by atoms with Gasteiger partial charge in [-0.05, 0) is 68.1 Å². The average Bonchev–Trinajstić information content (AvgIpc) is 3.05. The van der Waals surface area contributed by atoms with E-state index in [-0.39, 0.29) is 29.5 Å². The van der Waals surface area contributed by atoms with Crippen molar-refractivity contribution < 1.29 is 22.7 Å². The summed E-state index contributed by atoms with van der Waals surface area (Å²) in [5, 5.41) is 3.02. The predicted molar refractivity (Wildman–Crippen MR) is 187 cm³/mol. The maximum absolute atomic E-state index is 14.7. The summed E-state index contributed by atoms with van der Waals surface area (Å²) in [6.07, 6.45) is 1.96. The number of unbranched alkanes of at least 4 members (excludes halogenated alkanes) is 1. The van der Waals surface area contributed by atoms with Gasteiger partial charge in [-0.25, -0.2) is 8.42 Å². The van der Waals surface area contributed by atoms with Gasteiger partial charge in [-0.2, -0.15) is 0 Å². The molecule has 0 saturated carbocycles. The Labute approximate surface area is 279 Å². The quantitative estimate of drug-likeness (QED) is 0.150. The van der Waals surface area contributed by atoms with Gasteiger partial charge in [-0.15, -0.1) is 0 Å². The van der Waals surface area contributed by atoms with Gasteiger partial charge in [0.15, 0.2) is 0 Å². The van der Waals surface area contributed by atoms with E-state index in [2.05, 4.69) is 5.32 Å². The number of aryl methyl sites for hydroxylation is 3. The Bertz CT molecular complexity index is 1760. The first-order valence-corrected chi connectivity index (χ1v) is 17.4. The first kappa shape index (κ1) is 35.2. The van der Waals surface area contributed by atoms with Crippen LogP contribution < -0.4 is 14.4 Å². The van der Waals surface area contributed by atoms with E-state index in [1.807, 2.05) is 88.4 Å². The Hall–Kier alpha value is -4.63. The van der Waals surface area contributed by atoms with E-state index < -0.39 is 28.5 Å². The van der Waals surface area contributed by atoms with Crippen LogP contribution in [0.1, 0.15) is 47.6 Å². The van der Waals surface area contributed by atoms with Crippen LogP contribution in [-0.4, -0.2) is 51.4 Å². The number of sulfonamides is 1. The molecule has 0 aliphatic carbocycles. The van der Waals surface area contributed by atoms with Crippen LogP contribution in [0.5, 0.6) is 5.75 Å². The number of carbonyl (C=O) groups excluding carboxylic acids is 2. The van der Waals surface area contributed by atoms with Crippen molar-refractivity contribution in [2.45, 2.75) is 64.4 Å². The number of hydrogen-bond donors (Lipinski definition) is 1. The maximum Gasteiger partial charge on any atom is 0.264 e. The predicted octanol–water partition coefficient (Wildman–Crippen LogP) is 6.37. The lowest BCUT2D eigenvalue weighted by Gasteiger charge is -2.34. The van der Waals surface area contributed by atoms with E-state index in [0.717, 1.165) is 45.0 Å². The first-order valence-electron chi connectivity index (χ1n) is 15.9. The summed E-state index contributed by atoms with van der Waals surface area (Å²) in [5.41, 5.74) is 4.67. The molecule has 0 aliphatic rings. The van der Waals surface area contributed by atoms with E-state index in [0.29, 0.717) is 12.3 Å². The highest BCUT2D eigenvalue weighted by atomic mass is 32.2. The van der Waals surface area contributed by atoms with Gasteiger partial charge >= 0.3 is 0 Å². The van der Waals surface area contributed by atoms with Crippen molar-refractivity contribution in [3.63, 3.8) is 0 Å². The number of carbonyl (C=O) groups is 2. The van der Waals surface area contributed by atoms with Gasteiger partial charge < -0.3 is 15.0 Å². The zero-order chi connectivity index (χ0) is 34.0. The van der Waals surface area contributed by atoms with E-state index in [4.69, 9.17) is 4.74 Å². The minimum Gasteiger partial charge on any atom is -0.495 e. The molecule has 0 saturated heterocycles. The largest absolute Gasteiger partial charge is 0.495 e. The fraction of sp³-hybridized carbons (Fsp3) is 0.316. The second-order valence-electron chi connectivity index (χ2n) is 11.9. The molecule has 0 bridgehead atoms. The van der Waals surface area contributed by atoms with Crippen LogP contribution in [0, 0.1) is 20.8 Å². The van der Waals surface area contributed by atoms with Gasteiger partial charge in [0, 0.05) is 19.5 Å². The third kappa shape index (κ3) is 9.23. The molecule has 1 N–H and O–H groups in total. The van der Waals surface area contributed by atoms with Crippen LogP contribution in [0.25, 0.3) is 0 Å². The lowest BCUT2D eigenvalue weighted by atomic mass is 10.0. The highest BCUT2D eigenvalue weighted by Crippen LogP contribution is 2.34. The molecule has 9 heteroatoms. The molecule has 0 spiro atoms. The fourth-order valence-corrected chi connectivity index (χ4v) is 6.83. The van der Waals surface area contributed by atoms with Crippen molar-refractivity contribution in [3.05, 3.63) is 125 Å². The van der Waals surface area contributed by atoms with Crippen LogP contribution in [0.2, 0.25) is 0 Å². The molecule has 2 amide bonds. The monoisotopic (exact) mass is 655 g/mol. The van der Waals surface area contributed by atoms with Crippen molar-refractivity contribution in [2.75, 3.05) is 24.5 Å². The van der Waals surface area contributed by atoms with Gasteiger partial charge in [0.1, 0.15) is 18.3 Å². The summed E-state index contributed by atoms with van der Waals surface area (Å²) >= 11 is 0. The van der Waals surface area contributed by atoms with Crippen LogP contribution in [0.15, 0.2) is 102 Å². The van der Waals surface area contributed by atoms with Gasteiger partial charge in [0.05, 0.1) is 17.7 Å². The summed E-state index contributed by atoms with van der Waals surface area (Å²) in [7, 11) is -2.78. The highest BCUT2D eigenvalue weighted by molar-refractivity contribution is 7.92. The molecule has 0 aliphatic heterocycles. The van der Waals surface area contributed by atoms with Gasteiger partial charge in [0.2, 0.25) is 11.8 Å². The number of hydrogen-bond acceptors (Lipinski definition) is 5. The zero-order valence-electron chi connectivity index (χ0n) is 27.9. The smallest absolute Gasteiger partial charge is 0.264 e. The highest BCUT2D eigenvalue weighted by Gasteiger charge is 2.35. The first-order chi connectivity index (χ1) is 22.5. The van der Waals surface area contributed by atoms with Gasteiger partial charge in [-0.1, -0.05) is 97.3 Å². The van der Waals surface area contributed by atoms with E-state index >= 15 is 0 Å². The Morgan fingerprint density at radius 3 is 2.13 bits per heavy atom. The Morgan fingerprint density at radius 2 is 1.47 bits per heavy atom. The van der Waals surface area contributed by atoms with E-state index in [1.165, 1.54) is 24.1 Å². The molecule has 248 valence electrons. The molecular formula is C38H45N3O5S. The van der Waals surface area contributed by atoms with Crippen LogP contribution >= 0.6 is 0 Å². The van der Waals surface area contributed by atoms with Crippen molar-refractivity contribution in [1.29, 1.82) is 0 Å². The fourth-order valence-electron chi connectivity index (χ4n) is 5.41. The lowest BCUT2D eigenvalue weighted by Crippen LogP contribution is -2.53.